The van der Waals surface area contributed by atoms with Gasteiger partial charge in [-0.2, -0.15) is 11.8 Å². The van der Waals surface area contributed by atoms with E-state index in [1.807, 2.05) is 36.0 Å². The van der Waals surface area contributed by atoms with Crippen molar-refractivity contribution in [1.29, 1.82) is 0 Å². The van der Waals surface area contributed by atoms with Crippen molar-refractivity contribution in [3.05, 3.63) is 35.4 Å². The summed E-state index contributed by atoms with van der Waals surface area (Å²) in [7, 11) is 0. The quantitative estimate of drug-likeness (QED) is 0.783. The molecular formula is C16H23N3OS2. The fraction of sp³-hybridized carbons (Fsp3) is 0.500. The summed E-state index contributed by atoms with van der Waals surface area (Å²) < 4.78 is 0. The van der Waals surface area contributed by atoms with Crippen molar-refractivity contribution in [2.75, 3.05) is 23.8 Å². The number of thioether (sulfide) groups is 2. The minimum atomic E-state index is -0.276. The van der Waals surface area contributed by atoms with Crippen LogP contribution in [0.4, 0.5) is 0 Å². The number of hydrogen-bond acceptors (Lipinski definition) is 5. The van der Waals surface area contributed by atoms with Crippen molar-refractivity contribution in [2.24, 2.45) is 10.7 Å². The molecule has 1 unspecified atom stereocenters. The SMILES string of the molecule is CCSCCNC(=O)c1ccc(C2(C)CCSC(N)=N2)cc1. The molecule has 0 bridgehead atoms. The molecule has 1 atom stereocenters. The molecule has 0 saturated carbocycles. The van der Waals surface area contributed by atoms with E-state index in [0.717, 1.165) is 29.2 Å². The first-order chi connectivity index (χ1) is 10.5. The third kappa shape index (κ3) is 4.43. The van der Waals surface area contributed by atoms with Crippen LogP contribution in [-0.2, 0) is 5.54 Å². The molecular weight excluding hydrogens is 314 g/mol. The van der Waals surface area contributed by atoms with Gasteiger partial charge in [-0.25, -0.2) is 0 Å². The summed E-state index contributed by atoms with van der Waals surface area (Å²) in [5.74, 6) is 2.98. The summed E-state index contributed by atoms with van der Waals surface area (Å²) in [5.41, 5.74) is 7.37. The van der Waals surface area contributed by atoms with Crippen LogP contribution < -0.4 is 11.1 Å². The molecule has 1 amide bonds. The molecule has 0 saturated heterocycles. The first-order valence-corrected chi connectivity index (χ1v) is 9.64. The van der Waals surface area contributed by atoms with Gasteiger partial charge in [0.2, 0.25) is 0 Å². The molecule has 0 spiro atoms. The lowest BCUT2D eigenvalue weighted by atomic mass is 9.89. The lowest BCUT2D eigenvalue weighted by molar-refractivity contribution is 0.0956. The lowest BCUT2D eigenvalue weighted by Crippen LogP contribution is -2.29. The van der Waals surface area contributed by atoms with Gasteiger partial charge in [-0.3, -0.25) is 9.79 Å². The van der Waals surface area contributed by atoms with Gasteiger partial charge in [-0.05, 0) is 36.8 Å². The molecule has 3 N–H and O–H groups in total. The maximum atomic E-state index is 12.1. The van der Waals surface area contributed by atoms with Gasteiger partial charge < -0.3 is 11.1 Å². The van der Waals surface area contributed by atoms with Crippen LogP contribution in [0.2, 0.25) is 0 Å². The van der Waals surface area contributed by atoms with Gasteiger partial charge in [0.15, 0.2) is 5.17 Å². The molecule has 1 aromatic carbocycles. The molecule has 0 radical (unpaired) electrons. The first-order valence-electron chi connectivity index (χ1n) is 7.50. The van der Waals surface area contributed by atoms with Crippen LogP contribution in [0.25, 0.3) is 0 Å². The average Bonchev–Trinajstić information content (AvgIpc) is 2.51. The van der Waals surface area contributed by atoms with Crippen LogP contribution in [0.1, 0.15) is 36.2 Å². The third-order valence-corrected chi connectivity index (χ3v) is 5.40. The van der Waals surface area contributed by atoms with Crippen LogP contribution in [-0.4, -0.2) is 34.9 Å². The van der Waals surface area contributed by atoms with E-state index >= 15 is 0 Å². The Labute approximate surface area is 140 Å². The average molecular weight is 338 g/mol. The molecule has 1 aromatic rings. The van der Waals surface area contributed by atoms with E-state index in [1.54, 1.807) is 11.8 Å². The van der Waals surface area contributed by atoms with Crippen LogP contribution in [0.5, 0.6) is 0 Å². The maximum absolute atomic E-state index is 12.1. The van der Waals surface area contributed by atoms with Crippen molar-refractivity contribution < 1.29 is 4.79 Å². The van der Waals surface area contributed by atoms with Crippen molar-refractivity contribution in [3.63, 3.8) is 0 Å². The first kappa shape index (κ1) is 17.2. The third-order valence-electron chi connectivity index (χ3n) is 3.70. The topological polar surface area (TPSA) is 67.5 Å². The highest BCUT2D eigenvalue weighted by Crippen LogP contribution is 2.34. The minimum absolute atomic E-state index is 0.0179. The Balaban J connectivity index is 2.01. The highest BCUT2D eigenvalue weighted by Gasteiger charge is 2.29. The molecule has 1 aliphatic rings. The number of benzene rings is 1. The largest absolute Gasteiger partial charge is 0.379 e. The fourth-order valence-corrected chi connectivity index (χ4v) is 3.87. The Hall–Kier alpha value is -1.14. The molecule has 1 aliphatic heterocycles. The summed E-state index contributed by atoms with van der Waals surface area (Å²) in [6.07, 6.45) is 0.956. The molecule has 2 rings (SSSR count). The molecule has 120 valence electrons. The number of nitrogens with two attached hydrogens (primary N) is 1. The smallest absolute Gasteiger partial charge is 0.251 e. The Bertz CT molecular complexity index is 545. The van der Waals surface area contributed by atoms with Crippen molar-refractivity contribution in [2.45, 2.75) is 25.8 Å². The molecule has 6 heteroatoms. The van der Waals surface area contributed by atoms with E-state index < -0.39 is 0 Å². The van der Waals surface area contributed by atoms with Crippen LogP contribution in [0, 0.1) is 0 Å². The van der Waals surface area contributed by atoms with Crippen molar-refractivity contribution in [3.8, 4) is 0 Å². The number of hydrogen-bond donors (Lipinski definition) is 2. The highest BCUT2D eigenvalue weighted by molar-refractivity contribution is 8.13. The zero-order chi connectivity index (χ0) is 16.0. The predicted molar refractivity (Wildman–Crippen MR) is 97.8 cm³/mol. The second-order valence-electron chi connectivity index (χ2n) is 5.35. The van der Waals surface area contributed by atoms with E-state index in [9.17, 15) is 4.79 Å². The van der Waals surface area contributed by atoms with Gasteiger partial charge in [0.05, 0.1) is 5.54 Å². The van der Waals surface area contributed by atoms with E-state index in [0.29, 0.717) is 17.3 Å². The van der Waals surface area contributed by atoms with Crippen molar-refractivity contribution >= 4 is 34.6 Å². The summed E-state index contributed by atoms with van der Waals surface area (Å²) in [6, 6.07) is 7.72. The molecule has 1 heterocycles. The Morgan fingerprint density at radius 3 is 2.82 bits per heavy atom. The second-order valence-corrected chi connectivity index (χ2v) is 7.86. The molecule has 0 aromatic heterocycles. The summed E-state index contributed by atoms with van der Waals surface area (Å²) in [6.45, 7) is 4.91. The number of amides is 1. The zero-order valence-corrected chi connectivity index (χ0v) is 14.7. The van der Waals surface area contributed by atoms with Crippen LogP contribution >= 0.6 is 23.5 Å². The maximum Gasteiger partial charge on any atom is 0.251 e. The van der Waals surface area contributed by atoms with E-state index in [1.165, 1.54) is 0 Å². The van der Waals surface area contributed by atoms with Crippen LogP contribution in [0.15, 0.2) is 29.3 Å². The van der Waals surface area contributed by atoms with Gasteiger partial charge in [-0.1, -0.05) is 30.8 Å². The van der Waals surface area contributed by atoms with Gasteiger partial charge >= 0.3 is 0 Å². The number of carbonyl (C=O) groups excluding carboxylic acids is 1. The summed E-state index contributed by atoms with van der Waals surface area (Å²) in [4.78, 5) is 16.6. The summed E-state index contributed by atoms with van der Waals surface area (Å²) in [5, 5.41) is 3.58. The van der Waals surface area contributed by atoms with E-state index in [4.69, 9.17) is 5.73 Å². The predicted octanol–water partition coefficient (Wildman–Crippen LogP) is 2.84. The lowest BCUT2D eigenvalue weighted by Gasteiger charge is -2.29. The number of amidine groups is 1. The Morgan fingerprint density at radius 2 is 2.18 bits per heavy atom. The van der Waals surface area contributed by atoms with Crippen molar-refractivity contribution in [1.82, 2.24) is 5.32 Å². The minimum Gasteiger partial charge on any atom is -0.379 e. The Kier molecular flexibility index (Phi) is 6.20. The molecule has 0 fully saturated rings. The standard InChI is InChI=1S/C16H23N3OS2/c1-3-21-11-9-18-14(20)12-4-6-13(7-5-12)16(2)8-10-22-15(17)19-16/h4-7H,3,8-11H2,1-2H3,(H2,17,19)(H,18,20). The van der Waals surface area contributed by atoms with Gasteiger partial charge in [0, 0.05) is 23.6 Å². The number of nitrogens with one attached hydrogen (secondary N) is 1. The van der Waals surface area contributed by atoms with Gasteiger partial charge in [-0.15, -0.1) is 0 Å². The Morgan fingerprint density at radius 1 is 1.45 bits per heavy atom. The molecule has 4 nitrogen and oxygen atoms in total. The zero-order valence-electron chi connectivity index (χ0n) is 13.1. The normalized spacial score (nSPS) is 21.3. The van der Waals surface area contributed by atoms with E-state index in [-0.39, 0.29) is 11.4 Å². The number of aliphatic imine (C=N–C) groups is 1. The highest BCUT2D eigenvalue weighted by atomic mass is 32.2. The summed E-state index contributed by atoms with van der Waals surface area (Å²) >= 11 is 3.42. The van der Waals surface area contributed by atoms with Gasteiger partial charge in [0.1, 0.15) is 0 Å². The number of rotatable bonds is 6. The number of carbonyl (C=O) groups is 1. The monoisotopic (exact) mass is 337 g/mol. The van der Waals surface area contributed by atoms with Crippen LogP contribution in [0.3, 0.4) is 0 Å². The number of nitrogens with zero attached hydrogens (tertiary/aromatic N) is 1. The van der Waals surface area contributed by atoms with Gasteiger partial charge in [0.25, 0.3) is 5.91 Å². The second kappa shape index (κ2) is 7.92. The van der Waals surface area contributed by atoms with E-state index in [2.05, 4.69) is 24.2 Å². The fourth-order valence-electron chi connectivity index (χ4n) is 2.36. The molecule has 22 heavy (non-hydrogen) atoms. The molecule has 0 aliphatic carbocycles.